The van der Waals surface area contributed by atoms with Crippen LogP contribution in [0.2, 0.25) is 0 Å². The van der Waals surface area contributed by atoms with Gasteiger partial charge in [-0.2, -0.15) is 0 Å². The van der Waals surface area contributed by atoms with Gasteiger partial charge in [0.05, 0.1) is 0 Å². The fraction of sp³-hybridized carbons (Fsp3) is 0.923. The lowest BCUT2D eigenvalue weighted by atomic mass is 9.80. The van der Waals surface area contributed by atoms with Gasteiger partial charge in [0, 0.05) is 13.1 Å². The molecular formula is C13H26N2O. The van der Waals surface area contributed by atoms with Gasteiger partial charge in [-0.15, -0.1) is 0 Å². The third-order valence-corrected chi connectivity index (χ3v) is 3.63. The van der Waals surface area contributed by atoms with E-state index < -0.39 is 0 Å². The summed E-state index contributed by atoms with van der Waals surface area (Å²) >= 11 is 0. The predicted octanol–water partition coefficient (Wildman–Crippen LogP) is 2.91. The molecule has 1 aliphatic rings. The normalized spacial score (nSPS) is 25.1. The van der Waals surface area contributed by atoms with E-state index in [0.717, 1.165) is 31.8 Å². The molecule has 1 fully saturated rings. The van der Waals surface area contributed by atoms with Gasteiger partial charge in [0.1, 0.15) is 0 Å². The van der Waals surface area contributed by atoms with Gasteiger partial charge in [-0.3, -0.25) is 0 Å². The largest absolute Gasteiger partial charge is 0.338 e. The molecule has 3 nitrogen and oxygen atoms in total. The molecule has 2 atom stereocenters. The van der Waals surface area contributed by atoms with Gasteiger partial charge < -0.3 is 10.6 Å². The summed E-state index contributed by atoms with van der Waals surface area (Å²) in [5.41, 5.74) is 0. The molecular weight excluding hydrogens is 200 g/mol. The molecule has 94 valence electrons. The smallest absolute Gasteiger partial charge is 0.314 e. The molecule has 0 aromatic rings. The third kappa shape index (κ3) is 4.86. The van der Waals surface area contributed by atoms with E-state index in [0.29, 0.717) is 5.92 Å². The summed E-state index contributed by atoms with van der Waals surface area (Å²) in [4.78, 5) is 11.4. The van der Waals surface area contributed by atoms with Crippen molar-refractivity contribution in [2.45, 2.75) is 52.4 Å². The third-order valence-electron chi connectivity index (χ3n) is 3.63. The number of unbranched alkanes of at least 4 members (excludes halogenated alkanes) is 1. The van der Waals surface area contributed by atoms with Crippen LogP contribution in [0.3, 0.4) is 0 Å². The minimum atomic E-state index is 0.00576. The van der Waals surface area contributed by atoms with Gasteiger partial charge in [-0.1, -0.05) is 39.5 Å². The second kappa shape index (κ2) is 7.53. The Kier molecular flexibility index (Phi) is 6.27. The van der Waals surface area contributed by atoms with Crippen molar-refractivity contribution in [2.75, 3.05) is 13.1 Å². The molecule has 1 saturated carbocycles. The lowest BCUT2D eigenvalue weighted by molar-refractivity contribution is 0.223. The molecule has 1 aliphatic carbocycles. The Labute approximate surface area is 99.4 Å². The molecule has 0 aromatic carbocycles. The summed E-state index contributed by atoms with van der Waals surface area (Å²) < 4.78 is 0. The molecule has 0 saturated heterocycles. The highest BCUT2D eigenvalue weighted by Gasteiger charge is 2.21. The maximum Gasteiger partial charge on any atom is 0.314 e. The predicted molar refractivity (Wildman–Crippen MR) is 67.4 cm³/mol. The molecule has 1 rings (SSSR count). The summed E-state index contributed by atoms with van der Waals surface area (Å²) in [6.07, 6.45) is 7.47. The summed E-state index contributed by atoms with van der Waals surface area (Å²) in [7, 11) is 0. The van der Waals surface area contributed by atoms with Crippen LogP contribution >= 0.6 is 0 Å². The van der Waals surface area contributed by atoms with Crippen molar-refractivity contribution in [3.63, 3.8) is 0 Å². The zero-order chi connectivity index (χ0) is 11.8. The van der Waals surface area contributed by atoms with Crippen LogP contribution in [-0.2, 0) is 0 Å². The number of carbonyl (C=O) groups is 1. The van der Waals surface area contributed by atoms with E-state index in [-0.39, 0.29) is 6.03 Å². The Morgan fingerprint density at radius 1 is 1.25 bits per heavy atom. The van der Waals surface area contributed by atoms with Crippen LogP contribution in [0.5, 0.6) is 0 Å². The average molecular weight is 226 g/mol. The number of urea groups is 1. The second-order valence-corrected chi connectivity index (χ2v) is 5.01. The number of carbonyl (C=O) groups excluding carboxylic acids is 1. The summed E-state index contributed by atoms with van der Waals surface area (Å²) in [6, 6.07) is 0.00576. The van der Waals surface area contributed by atoms with E-state index in [9.17, 15) is 4.79 Å². The number of hydrogen-bond donors (Lipinski definition) is 2. The molecule has 2 amide bonds. The van der Waals surface area contributed by atoms with Gasteiger partial charge >= 0.3 is 6.03 Å². The second-order valence-electron chi connectivity index (χ2n) is 5.01. The lowest BCUT2D eigenvalue weighted by Crippen LogP contribution is -2.40. The van der Waals surface area contributed by atoms with Gasteiger partial charge in [0.25, 0.3) is 0 Å². The van der Waals surface area contributed by atoms with E-state index in [2.05, 4.69) is 24.5 Å². The first-order chi connectivity index (χ1) is 7.74. The maximum atomic E-state index is 11.4. The van der Waals surface area contributed by atoms with Crippen LogP contribution in [0.1, 0.15) is 52.4 Å². The Morgan fingerprint density at radius 3 is 2.69 bits per heavy atom. The molecule has 2 N–H and O–H groups in total. The van der Waals surface area contributed by atoms with Crippen LogP contribution in [0, 0.1) is 11.8 Å². The van der Waals surface area contributed by atoms with Crippen LogP contribution < -0.4 is 10.6 Å². The summed E-state index contributed by atoms with van der Waals surface area (Å²) in [6.45, 7) is 6.07. The molecule has 0 radical (unpaired) electrons. The number of hydrogen-bond acceptors (Lipinski definition) is 1. The summed E-state index contributed by atoms with van der Waals surface area (Å²) in [5.74, 6) is 1.45. The Bertz CT molecular complexity index is 206. The van der Waals surface area contributed by atoms with E-state index in [1.165, 1.54) is 25.7 Å². The molecule has 2 unspecified atom stereocenters. The first kappa shape index (κ1) is 13.3. The van der Waals surface area contributed by atoms with Crippen molar-refractivity contribution in [1.29, 1.82) is 0 Å². The monoisotopic (exact) mass is 226 g/mol. The maximum absolute atomic E-state index is 11.4. The van der Waals surface area contributed by atoms with Crippen molar-refractivity contribution in [1.82, 2.24) is 10.6 Å². The zero-order valence-electron chi connectivity index (χ0n) is 10.7. The van der Waals surface area contributed by atoms with Crippen molar-refractivity contribution in [2.24, 2.45) is 11.8 Å². The molecule has 16 heavy (non-hydrogen) atoms. The van der Waals surface area contributed by atoms with Gasteiger partial charge in [0.2, 0.25) is 0 Å². The molecule has 0 bridgehead atoms. The number of nitrogens with one attached hydrogen (secondary N) is 2. The fourth-order valence-electron chi connectivity index (χ4n) is 2.36. The van der Waals surface area contributed by atoms with Crippen LogP contribution in [0.15, 0.2) is 0 Å². The fourth-order valence-corrected chi connectivity index (χ4v) is 2.36. The quantitative estimate of drug-likeness (QED) is 0.695. The minimum absolute atomic E-state index is 0.00576. The SMILES string of the molecule is CCCCNC(=O)NCC1CCCCC1C. The molecule has 3 heteroatoms. The number of rotatable bonds is 5. The van der Waals surface area contributed by atoms with E-state index in [1.807, 2.05) is 0 Å². The molecule has 0 aromatic heterocycles. The van der Waals surface area contributed by atoms with E-state index in [4.69, 9.17) is 0 Å². The van der Waals surface area contributed by atoms with Crippen molar-refractivity contribution >= 4 is 6.03 Å². The van der Waals surface area contributed by atoms with Crippen molar-refractivity contribution in [3.8, 4) is 0 Å². The molecule has 0 heterocycles. The Morgan fingerprint density at radius 2 is 2.00 bits per heavy atom. The average Bonchev–Trinajstić information content (AvgIpc) is 2.28. The number of amides is 2. The van der Waals surface area contributed by atoms with Crippen LogP contribution in [-0.4, -0.2) is 19.1 Å². The van der Waals surface area contributed by atoms with Crippen LogP contribution in [0.4, 0.5) is 4.79 Å². The van der Waals surface area contributed by atoms with Gasteiger partial charge in [-0.25, -0.2) is 4.79 Å². The van der Waals surface area contributed by atoms with Gasteiger partial charge in [0.15, 0.2) is 0 Å². The van der Waals surface area contributed by atoms with Crippen molar-refractivity contribution in [3.05, 3.63) is 0 Å². The highest BCUT2D eigenvalue weighted by molar-refractivity contribution is 5.73. The lowest BCUT2D eigenvalue weighted by Gasteiger charge is -2.28. The zero-order valence-corrected chi connectivity index (χ0v) is 10.7. The highest BCUT2D eigenvalue weighted by Crippen LogP contribution is 2.28. The van der Waals surface area contributed by atoms with Crippen LogP contribution in [0.25, 0.3) is 0 Å². The Hall–Kier alpha value is -0.730. The highest BCUT2D eigenvalue weighted by atomic mass is 16.2. The van der Waals surface area contributed by atoms with E-state index in [1.54, 1.807) is 0 Å². The van der Waals surface area contributed by atoms with Crippen molar-refractivity contribution < 1.29 is 4.79 Å². The first-order valence-electron chi connectivity index (χ1n) is 6.75. The Balaban J connectivity index is 2.10. The molecule has 0 spiro atoms. The van der Waals surface area contributed by atoms with Gasteiger partial charge in [-0.05, 0) is 24.7 Å². The first-order valence-corrected chi connectivity index (χ1v) is 6.75. The molecule has 0 aliphatic heterocycles. The standard InChI is InChI=1S/C13H26N2O/c1-3-4-9-14-13(16)15-10-12-8-6-5-7-11(12)2/h11-12H,3-10H2,1-2H3,(H2,14,15,16). The topological polar surface area (TPSA) is 41.1 Å². The summed E-state index contributed by atoms with van der Waals surface area (Å²) in [5, 5.41) is 5.88. The minimum Gasteiger partial charge on any atom is -0.338 e. The van der Waals surface area contributed by atoms with E-state index >= 15 is 0 Å².